The predicted molar refractivity (Wildman–Crippen MR) is 83.5 cm³/mol. The van der Waals surface area contributed by atoms with Crippen LogP contribution in [-0.2, 0) is 6.54 Å². The van der Waals surface area contributed by atoms with Crippen molar-refractivity contribution in [3.05, 3.63) is 16.4 Å². The molecule has 1 aliphatic carbocycles. The van der Waals surface area contributed by atoms with Crippen molar-refractivity contribution < 1.29 is 8.78 Å². The Morgan fingerprint density at radius 1 is 1.43 bits per heavy atom. The van der Waals surface area contributed by atoms with Gasteiger partial charge in [-0.1, -0.05) is 13.8 Å². The number of alkyl halides is 2. The molecule has 6 heteroatoms. The molecule has 0 saturated heterocycles. The molecule has 2 rings (SSSR count). The average Bonchev–Trinajstić information content (AvgIpc) is 2.78. The van der Waals surface area contributed by atoms with E-state index in [9.17, 15) is 8.78 Å². The summed E-state index contributed by atoms with van der Waals surface area (Å²) in [5.41, 5.74) is 1.11. The fraction of sp³-hybridized carbons (Fsp3) is 0.800. The fourth-order valence-corrected chi connectivity index (χ4v) is 3.72. The van der Waals surface area contributed by atoms with Crippen molar-refractivity contribution in [3.8, 4) is 0 Å². The summed E-state index contributed by atoms with van der Waals surface area (Å²) < 4.78 is 29.8. The normalized spacial score (nSPS) is 20.6. The minimum absolute atomic E-state index is 0.000898. The number of nitrogens with zero attached hydrogens (tertiary/aromatic N) is 2. The summed E-state index contributed by atoms with van der Waals surface area (Å²) in [5.74, 6) is -2.23. The highest BCUT2D eigenvalue weighted by atomic mass is 79.9. The molecule has 1 aromatic heterocycles. The van der Waals surface area contributed by atoms with Crippen molar-refractivity contribution in [1.82, 2.24) is 15.1 Å². The number of hydrogen-bond acceptors (Lipinski definition) is 2. The second-order valence-electron chi connectivity index (χ2n) is 5.83. The first-order valence-corrected chi connectivity index (χ1v) is 8.60. The third-order valence-electron chi connectivity index (χ3n) is 4.22. The molecule has 0 bridgehead atoms. The molecule has 0 amide bonds. The number of halogens is 3. The third-order valence-corrected chi connectivity index (χ3v) is 4.83. The molecular weight excluding hydrogens is 340 g/mol. The van der Waals surface area contributed by atoms with E-state index in [1.54, 1.807) is 0 Å². The largest absolute Gasteiger partial charge is 0.309 e. The summed E-state index contributed by atoms with van der Waals surface area (Å²) in [4.78, 5) is 0. The van der Waals surface area contributed by atoms with Crippen LogP contribution in [0, 0.1) is 5.92 Å². The topological polar surface area (TPSA) is 29.9 Å². The summed E-state index contributed by atoms with van der Waals surface area (Å²) in [6.45, 7) is 5.84. The predicted octanol–water partition coefficient (Wildman–Crippen LogP) is 4.53. The number of aromatic nitrogens is 2. The van der Waals surface area contributed by atoms with Crippen LogP contribution in [0.1, 0.15) is 57.7 Å². The molecule has 1 saturated carbocycles. The Hall–Kier alpha value is -0.490. The molecule has 1 atom stereocenters. The summed E-state index contributed by atoms with van der Waals surface area (Å²) in [5, 5.41) is 7.90. The van der Waals surface area contributed by atoms with Crippen molar-refractivity contribution in [2.45, 2.75) is 64.5 Å². The van der Waals surface area contributed by atoms with Crippen LogP contribution in [0.3, 0.4) is 0 Å². The molecule has 1 aliphatic rings. The van der Waals surface area contributed by atoms with E-state index in [1.165, 1.54) is 0 Å². The van der Waals surface area contributed by atoms with Crippen LogP contribution in [0.25, 0.3) is 0 Å². The van der Waals surface area contributed by atoms with E-state index < -0.39 is 5.92 Å². The highest BCUT2D eigenvalue weighted by Crippen LogP contribution is 2.42. The third kappa shape index (κ3) is 4.03. The molecule has 0 spiro atoms. The lowest BCUT2D eigenvalue weighted by Gasteiger charge is -2.34. The van der Waals surface area contributed by atoms with Gasteiger partial charge >= 0.3 is 0 Å². The van der Waals surface area contributed by atoms with Crippen LogP contribution in [0.4, 0.5) is 8.78 Å². The minimum atomic E-state index is -2.48. The lowest BCUT2D eigenvalue weighted by Crippen LogP contribution is -2.35. The van der Waals surface area contributed by atoms with Gasteiger partial charge in [0, 0.05) is 19.4 Å². The van der Waals surface area contributed by atoms with E-state index in [4.69, 9.17) is 0 Å². The molecule has 1 unspecified atom stereocenters. The maximum absolute atomic E-state index is 13.4. The van der Waals surface area contributed by atoms with E-state index in [1.807, 2.05) is 10.9 Å². The molecule has 1 fully saturated rings. The molecule has 1 heterocycles. The number of rotatable bonds is 6. The van der Waals surface area contributed by atoms with Gasteiger partial charge in [0.05, 0.1) is 22.4 Å². The number of hydrogen-bond donors (Lipinski definition) is 1. The molecule has 0 aliphatic heterocycles. The Morgan fingerprint density at radius 2 is 2.10 bits per heavy atom. The smallest absolute Gasteiger partial charge is 0.248 e. The molecule has 0 radical (unpaired) electrons. The van der Waals surface area contributed by atoms with Gasteiger partial charge in [0.1, 0.15) is 0 Å². The van der Waals surface area contributed by atoms with Gasteiger partial charge in [-0.2, -0.15) is 5.10 Å². The van der Waals surface area contributed by atoms with Crippen molar-refractivity contribution >= 4 is 15.9 Å². The monoisotopic (exact) mass is 363 g/mol. The van der Waals surface area contributed by atoms with Crippen LogP contribution in [0.5, 0.6) is 0 Å². The van der Waals surface area contributed by atoms with E-state index in [0.29, 0.717) is 12.8 Å². The molecule has 3 nitrogen and oxygen atoms in total. The van der Waals surface area contributed by atoms with E-state index in [2.05, 4.69) is 40.2 Å². The zero-order valence-electron chi connectivity index (χ0n) is 12.7. The van der Waals surface area contributed by atoms with Gasteiger partial charge in [0.2, 0.25) is 5.92 Å². The standard InChI is InChI=1S/C15H24BrF2N3/c1-3-9-21-14(12(16)10-20-21)13(19-4-2)11-5-7-15(17,18)8-6-11/h10-11,13,19H,3-9H2,1-2H3. The first kappa shape index (κ1) is 16.9. The summed E-state index contributed by atoms with van der Waals surface area (Å²) in [6.07, 6.45) is 3.94. The first-order chi connectivity index (χ1) is 9.98. The van der Waals surface area contributed by atoms with Crippen LogP contribution >= 0.6 is 15.9 Å². The molecule has 1 N–H and O–H groups in total. The van der Waals surface area contributed by atoms with Crippen molar-refractivity contribution in [1.29, 1.82) is 0 Å². The summed E-state index contributed by atoms with van der Waals surface area (Å²) in [7, 11) is 0. The second kappa shape index (κ2) is 7.18. The highest BCUT2D eigenvalue weighted by Gasteiger charge is 2.39. The van der Waals surface area contributed by atoms with Crippen LogP contribution < -0.4 is 5.32 Å². The highest BCUT2D eigenvalue weighted by molar-refractivity contribution is 9.10. The lowest BCUT2D eigenvalue weighted by molar-refractivity contribution is -0.0500. The minimum Gasteiger partial charge on any atom is -0.309 e. The van der Waals surface area contributed by atoms with E-state index >= 15 is 0 Å². The summed E-state index contributed by atoms with van der Waals surface area (Å²) in [6, 6.07) is 0.0922. The molecule has 1 aromatic rings. The second-order valence-corrected chi connectivity index (χ2v) is 6.68. The lowest BCUT2D eigenvalue weighted by atomic mass is 9.81. The van der Waals surface area contributed by atoms with Gasteiger partial charge in [-0.05, 0) is 47.7 Å². The molecule has 0 aromatic carbocycles. The zero-order chi connectivity index (χ0) is 15.5. The fourth-order valence-electron chi connectivity index (χ4n) is 3.17. The summed E-state index contributed by atoms with van der Waals surface area (Å²) >= 11 is 3.58. The Bertz CT molecular complexity index is 452. The van der Waals surface area contributed by atoms with E-state index in [-0.39, 0.29) is 24.8 Å². The quantitative estimate of drug-likeness (QED) is 0.804. The SMILES string of the molecule is CCCn1ncc(Br)c1C(NCC)C1CCC(F)(F)CC1. The van der Waals surface area contributed by atoms with Gasteiger partial charge in [-0.25, -0.2) is 8.78 Å². The van der Waals surface area contributed by atoms with Gasteiger partial charge < -0.3 is 5.32 Å². The molecule has 120 valence electrons. The van der Waals surface area contributed by atoms with Crippen molar-refractivity contribution in [2.75, 3.05) is 6.54 Å². The van der Waals surface area contributed by atoms with Gasteiger partial charge in [-0.15, -0.1) is 0 Å². The first-order valence-electron chi connectivity index (χ1n) is 7.81. The maximum Gasteiger partial charge on any atom is 0.248 e. The maximum atomic E-state index is 13.4. The van der Waals surface area contributed by atoms with Gasteiger partial charge in [0.15, 0.2) is 0 Å². The zero-order valence-corrected chi connectivity index (χ0v) is 14.3. The Morgan fingerprint density at radius 3 is 2.67 bits per heavy atom. The van der Waals surface area contributed by atoms with Gasteiger partial charge in [0.25, 0.3) is 0 Å². The van der Waals surface area contributed by atoms with Crippen molar-refractivity contribution in [2.24, 2.45) is 5.92 Å². The Kier molecular flexibility index (Phi) is 5.77. The molecule has 21 heavy (non-hydrogen) atoms. The van der Waals surface area contributed by atoms with Gasteiger partial charge in [-0.3, -0.25) is 4.68 Å². The average molecular weight is 364 g/mol. The Balaban J connectivity index is 2.21. The van der Waals surface area contributed by atoms with Crippen LogP contribution in [0.2, 0.25) is 0 Å². The number of aryl methyl sites for hydroxylation is 1. The van der Waals surface area contributed by atoms with Crippen molar-refractivity contribution in [3.63, 3.8) is 0 Å². The molecular formula is C15H24BrF2N3. The van der Waals surface area contributed by atoms with Crippen LogP contribution in [0.15, 0.2) is 10.7 Å². The Labute approximate surface area is 133 Å². The van der Waals surface area contributed by atoms with E-state index in [0.717, 1.165) is 29.7 Å². The number of nitrogens with one attached hydrogen (secondary N) is 1. The van der Waals surface area contributed by atoms with Crippen LogP contribution in [-0.4, -0.2) is 22.2 Å².